The zero-order valence-corrected chi connectivity index (χ0v) is 26.6. The highest BCUT2D eigenvalue weighted by molar-refractivity contribution is 7.10. The Morgan fingerprint density at radius 3 is 2.30 bits per heavy atom. The van der Waals surface area contributed by atoms with Gasteiger partial charge in [0, 0.05) is 22.4 Å². The minimum absolute atomic E-state index is 0.00549. The second-order valence-electron chi connectivity index (χ2n) is 9.35. The summed E-state index contributed by atoms with van der Waals surface area (Å²) in [5.74, 6) is 0.500. The number of nitrogens with two attached hydrogens (primary N) is 1. The zero-order chi connectivity index (χ0) is 31.9. The highest BCUT2D eigenvalue weighted by atomic mass is 32.1. The summed E-state index contributed by atoms with van der Waals surface area (Å²) in [4.78, 5) is 36.9. The van der Waals surface area contributed by atoms with Crippen molar-refractivity contribution in [2.24, 2.45) is 5.73 Å². The molecule has 3 amide bonds. The number of likely N-dealkylation sites (tertiary alicyclic amines) is 1. The number of carbonyl (C=O) groups excluding carboxylic acids is 3. The summed E-state index contributed by atoms with van der Waals surface area (Å²) < 4.78 is 5.45. The minimum Gasteiger partial charge on any atom is -0.494 e. The summed E-state index contributed by atoms with van der Waals surface area (Å²) in [5.41, 5.74) is 7.36. The number of benzene rings is 2. The first-order chi connectivity index (χ1) is 20.8. The lowest BCUT2D eigenvalue weighted by molar-refractivity contribution is -0.138. The predicted octanol–water partition coefficient (Wildman–Crippen LogP) is 5.27. The van der Waals surface area contributed by atoms with Crippen LogP contribution in [0, 0.1) is 12.3 Å². The van der Waals surface area contributed by atoms with Crippen LogP contribution in [0.4, 0.5) is 0 Å². The molecule has 1 aliphatic rings. The summed E-state index contributed by atoms with van der Waals surface area (Å²) in [7, 11) is 0. The molecule has 1 saturated heterocycles. The lowest BCUT2D eigenvalue weighted by Gasteiger charge is -2.23. The molecule has 9 nitrogen and oxygen atoms in total. The van der Waals surface area contributed by atoms with E-state index in [9.17, 15) is 14.4 Å². The topological polar surface area (TPSA) is 138 Å². The molecule has 1 fully saturated rings. The lowest BCUT2D eigenvalue weighted by Crippen LogP contribution is -2.48. The Balaban J connectivity index is 0.000000379. The molecule has 1 atom stereocenters. The third-order valence-corrected chi connectivity index (χ3v) is 7.00. The number of carbonyl (C=O) groups is 3. The first-order valence-electron chi connectivity index (χ1n) is 14.7. The molecular weight excluding hydrogens is 562 g/mol. The van der Waals surface area contributed by atoms with E-state index in [1.807, 2.05) is 62.4 Å². The number of hydrogen-bond donors (Lipinski definition) is 4. The zero-order valence-electron chi connectivity index (χ0n) is 25.8. The van der Waals surface area contributed by atoms with Gasteiger partial charge >= 0.3 is 0 Å². The number of amidine groups is 1. The van der Waals surface area contributed by atoms with Gasteiger partial charge in [0.05, 0.1) is 19.7 Å². The van der Waals surface area contributed by atoms with Crippen LogP contribution in [-0.4, -0.2) is 54.7 Å². The SMILES string of the molecule is CC.CCCCOc1ccccc1.Cc1ccccc1.N=C(N)c1csc(CNC(=O)C2CCCN2C(=O)CNC=O)c1. The van der Waals surface area contributed by atoms with Gasteiger partial charge in [0.2, 0.25) is 18.2 Å². The van der Waals surface area contributed by atoms with Crippen LogP contribution in [0.15, 0.2) is 72.1 Å². The van der Waals surface area contributed by atoms with Crippen molar-refractivity contribution in [3.05, 3.63) is 88.1 Å². The van der Waals surface area contributed by atoms with Crippen LogP contribution in [0.3, 0.4) is 0 Å². The number of ether oxygens (including phenoxy) is 1. The molecule has 0 aliphatic carbocycles. The molecule has 10 heteroatoms. The molecule has 43 heavy (non-hydrogen) atoms. The molecule has 4 rings (SSSR count). The molecule has 0 bridgehead atoms. The van der Waals surface area contributed by atoms with Crippen LogP contribution in [0.2, 0.25) is 0 Å². The average Bonchev–Trinajstić information content (AvgIpc) is 3.72. The van der Waals surface area contributed by atoms with Crippen molar-refractivity contribution in [2.45, 2.75) is 66.0 Å². The monoisotopic (exact) mass is 609 g/mol. The molecule has 0 spiro atoms. The molecule has 234 valence electrons. The molecule has 0 radical (unpaired) electrons. The number of rotatable bonds is 11. The highest BCUT2D eigenvalue weighted by Gasteiger charge is 2.33. The van der Waals surface area contributed by atoms with Crippen LogP contribution in [-0.2, 0) is 20.9 Å². The van der Waals surface area contributed by atoms with Crippen LogP contribution in [0.1, 0.15) is 62.5 Å². The van der Waals surface area contributed by atoms with Crippen molar-refractivity contribution in [2.75, 3.05) is 19.7 Å². The Hall–Kier alpha value is -4.18. The van der Waals surface area contributed by atoms with E-state index in [0.717, 1.165) is 30.1 Å². The van der Waals surface area contributed by atoms with Gasteiger partial charge in [-0.05, 0) is 44.4 Å². The molecule has 1 unspecified atom stereocenters. The Morgan fingerprint density at radius 1 is 1.12 bits per heavy atom. The van der Waals surface area contributed by atoms with Crippen LogP contribution < -0.4 is 21.1 Å². The summed E-state index contributed by atoms with van der Waals surface area (Å²) in [6.07, 6.45) is 4.16. The van der Waals surface area contributed by atoms with E-state index >= 15 is 0 Å². The Labute approximate surface area is 260 Å². The minimum atomic E-state index is -0.497. The maximum absolute atomic E-state index is 12.3. The van der Waals surface area contributed by atoms with Gasteiger partial charge in [-0.2, -0.15) is 0 Å². The van der Waals surface area contributed by atoms with Crippen LogP contribution in [0.5, 0.6) is 5.75 Å². The number of unbranched alkanes of at least 4 members (excludes halogenated alkanes) is 1. The second kappa shape index (κ2) is 22.4. The molecule has 2 aromatic carbocycles. The molecular formula is C33H47N5O4S. The maximum Gasteiger partial charge on any atom is 0.243 e. The Bertz CT molecular complexity index is 1200. The molecule has 3 aromatic rings. The van der Waals surface area contributed by atoms with Crippen molar-refractivity contribution in [3.63, 3.8) is 0 Å². The number of nitrogen functional groups attached to an aromatic ring is 1. The van der Waals surface area contributed by atoms with Gasteiger partial charge in [0.25, 0.3) is 0 Å². The number of hydrogen-bond acceptors (Lipinski definition) is 6. The quantitative estimate of drug-likeness (QED) is 0.102. The van der Waals surface area contributed by atoms with E-state index in [2.05, 4.69) is 36.6 Å². The first kappa shape index (κ1) is 36.8. The van der Waals surface area contributed by atoms with E-state index in [1.165, 1.54) is 28.2 Å². The lowest BCUT2D eigenvalue weighted by atomic mass is 10.2. The third-order valence-electron chi connectivity index (χ3n) is 6.06. The summed E-state index contributed by atoms with van der Waals surface area (Å²) in [6.45, 7) is 9.84. The highest BCUT2D eigenvalue weighted by Crippen LogP contribution is 2.18. The number of aryl methyl sites for hydroxylation is 1. The van der Waals surface area contributed by atoms with Crippen LogP contribution >= 0.6 is 11.3 Å². The Morgan fingerprint density at radius 2 is 1.77 bits per heavy atom. The fourth-order valence-corrected chi connectivity index (χ4v) is 4.68. The maximum atomic E-state index is 12.3. The van der Waals surface area contributed by atoms with E-state index in [-0.39, 0.29) is 24.2 Å². The predicted molar refractivity (Wildman–Crippen MR) is 175 cm³/mol. The van der Waals surface area contributed by atoms with E-state index in [0.29, 0.717) is 31.5 Å². The molecule has 2 heterocycles. The largest absolute Gasteiger partial charge is 0.494 e. The average molecular weight is 610 g/mol. The molecule has 0 saturated carbocycles. The van der Waals surface area contributed by atoms with Crippen molar-refractivity contribution >= 4 is 35.4 Å². The molecule has 5 N–H and O–H groups in total. The fraction of sp³-hybridized carbons (Fsp3) is 0.394. The van der Waals surface area contributed by atoms with Gasteiger partial charge in [-0.15, -0.1) is 11.3 Å². The van der Waals surface area contributed by atoms with Gasteiger partial charge in [-0.1, -0.05) is 81.3 Å². The Kier molecular flexibility index (Phi) is 19.2. The van der Waals surface area contributed by atoms with Crippen LogP contribution in [0.25, 0.3) is 0 Å². The van der Waals surface area contributed by atoms with Crippen molar-refractivity contribution in [1.29, 1.82) is 5.41 Å². The summed E-state index contributed by atoms with van der Waals surface area (Å²) >= 11 is 1.42. The fourth-order valence-electron chi connectivity index (χ4n) is 3.86. The van der Waals surface area contributed by atoms with Gasteiger partial charge in [-0.3, -0.25) is 19.8 Å². The smallest absolute Gasteiger partial charge is 0.243 e. The molecule has 1 aliphatic heterocycles. The second-order valence-corrected chi connectivity index (χ2v) is 10.3. The first-order valence-corrected chi connectivity index (χ1v) is 15.6. The summed E-state index contributed by atoms with van der Waals surface area (Å²) in [6, 6.07) is 21.5. The van der Waals surface area contributed by atoms with E-state index in [4.69, 9.17) is 15.9 Å². The normalized spacial score (nSPS) is 13.0. The number of amides is 3. The van der Waals surface area contributed by atoms with Gasteiger partial charge in [-0.25, -0.2) is 0 Å². The molecule has 1 aromatic heterocycles. The van der Waals surface area contributed by atoms with Crippen molar-refractivity contribution in [1.82, 2.24) is 15.5 Å². The number of nitrogens with one attached hydrogen (secondary N) is 3. The van der Waals surface area contributed by atoms with Gasteiger partial charge in [0.1, 0.15) is 17.6 Å². The third kappa shape index (κ3) is 15.0. The number of thiophene rings is 1. The van der Waals surface area contributed by atoms with Crippen molar-refractivity contribution in [3.8, 4) is 5.75 Å². The van der Waals surface area contributed by atoms with E-state index < -0.39 is 6.04 Å². The number of nitrogens with zero attached hydrogens (tertiary/aromatic N) is 1. The van der Waals surface area contributed by atoms with E-state index in [1.54, 1.807) is 11.4 Å². The van der Waals surface area contributed by atoms with Gasteiger partial charge < -0.3 is 26.0 Å². The van der Waals surface area contributed by atoms with Gasteiger partial charge in [0.15, 0.2) is 0 Å². The summed E-state index contributed by atoms with van der Waals surface area (Å²) in [5, 5.41) is 14.2. The standard InChI is InChI=1S/C14H19N5O3S.C10H14O.C7H8.C2H6/c15-13(16)9-4-10(23-7-9)5-18-14(22)11-2-1-3-19(11)12(21)6-17-8-20;1-2-3-9-11-10-7-5-4-6-8-10;1-7-5-3-2-4-6-7;1-2/h4,7-8,11H,1-3,5-6H2,(H3,15,16)(H,17,20)(H,18,22);4-8H,2-3,9H2,1H3;2-6H,1H3;1-2H3. The number of para-hydroxylation sites is 1. The van der Waals surface area contributed by atoms with Crippen molar-refractivity contribution < 1.29 is 19.1 Å².